The van der Waals surface area contributed by atoms with E-state index in [0.29, 0.717) is 75.6 Å². The van der Waals surface area contributed by atoms with Gasteiger partial charge in [0.25, 0.3) is 15.9 Å². The Morgan fingerprint density at radius 3 is 2.18 bits per heavy atom. The van der Waals surface area contributed by atoms with Crippen LogP contribution >= 0.6 is 0 Å². The van der Waals surface area contributed by atoms with Crippen molar-refractivity contribution in [2.75, 3.05) is 25.5 Å². The van der Waals surface area contributed by atoms with E-state index in [1.807, 2.05) is 19.1 Å². The minimum Gasteiger partial charge on any atom is -0.496 e. The van der Waals surface area contributed by atoms with Crippen LogP contribution in [0, 0.1) is 17.6 Å². The second-order valence-corrected chi connectivity index (χ2v) is 14.4. The predicted octanol–water partition coefficient (Wildman–Crippen LogP) is 6.50. The van der Waals surface area contributed by atoms with Crippen molar-refractivity contribution in [3.05, 3.63) is 119 Å². The number of carbonyl (C=O) groups excluding carboxylic acids is 1. The lowest BCUT2D eigenvalue weighted by Crippen LogP contribution is -2.43. The standard InChI is InChI=1S/C40H36F3N5O8S/c1-5-56-21-22-14-33(54-3)36(34(15-22)55-4)28-11-8-25(29-20-45-48(2)38(28)29)16-32(40(50)51)46-39(49)37-30(41)18-26(19-31(37)42)47-57(52,53)27-9-6-23(7-10-27)24-12-13-44-35(43)17-24/h6-15,17-20,32,47H,5,16,21H2,1-4H3,(H,46,49)(H,50,51)/t32-/m1/s1. The molecule has 0 saturated heterocycles. The van der Waals surface area contributed by atoms with Crippen LogP contribution in [0.4, 0.5) is 18.9 Å². The fraction of sp³-hybridized carbons (Fsp3) is 0.200. The summed E-state index contributed by atoms with van der Waals surface area (Å²) in [6.07, 6.45) is 2.49. The number of pyridine rings is 1. The summed E-state index contributed by atoms with van der Waals surface area (Å²) >= 11 is 0. The summed E-state index contributed by atoms with van der Waals surface area (Å²) < 4.78 is 91.1. The molecule has 3 N–H and O–H groups in total. The molecule has 0 bridgehead atoms. The Kier molecular flexibility index (Phi) is 11.8. The zero-order valence-electron chi connectivity index (χ0n) is 31.0. The predicted molar refractivity (Wildman–Crippen MR) is 204 cm³/mol. The van der Waals surface area contributed by atoms with E-state index in [1.165, 1.54) is 63.0 Å². The average molecular weight is 804 g/mol. The van der Waals surface area contributed by atoms with Gasteiger partial charge in [-0.15, -0.1) is 0 Å². The van der Waals surface area contributed by atoms with Crippen LogP contribution in [0.15, 0.2) is 90.1 Å². The van der Waals surface area contributed by atoms with Crippen molar-refractivity contribution in [3.63, 3.8) is 0 Å². The van der Waals surface area contributed by atoms with Crippen molar-refractivity contribution < 1.29 is 50.5 Å². The van der Waals surface area contributed by atoms with Crippen LogP contribution in [-0.2, 0) is 39.6 Å². The number of ether oxygens (including phenoxy) is 3. The number of aliphatic carboxylic acids is 1. The molecule has 0 unspecified atom stereocenters. The van der Waals surface area contributed by atoms with Gasteiger partial charge in [-0.2, -0.15) is 9.49 Å². The quantitative estimate of drug-likeness (QED) is 0.0974. The molecule has 2 aromatic heterocycles. The number of rotatable bonds is 15. The number of nitrogens with one attached hydrogen (secondary N) is 2. The number of amides is 1. The smallest absolute Gasteiger partial charge is 0.326 e. The summed E-state index contributed by atoms with van der Waals surface area (Å²) in [4.78, 5) is 28.9. The van der Waals surface area contributed by atoms with Crippen LogP contribution in [-0.4, -0.2) is 67.0 Å². The fourth-order valence-corrected chi connectivity index (χ4v) is 7.42. The largest absolute Gasteiger partial charge is 0.496 e. The van der Waals surface area contributed by atoms with E-state index in [-0.39, 0.29) is 11.3 Å². The molecule has 0 aliphatic rings. The highest BCUT2D eigenvalue weighted by Gasteiger charge is 2.28. The first-order valence-corrected chi connectivity index (χ1v) is 18.8. The lowest BCUT2D eigenvalue weighted by molar-refractivity contribution is -0.139. The van der Waals surface area contributed by atoms with Crippen molar-refractivity contribution in [1.82, 2.24) is 20.1 Å². The highest BCUT2D eigenvalue weighted by Crippen LogP contribution is 2.43. The number of halogens is 3. The molecule has 1 atom stereocenters. The molecule has 0 aliphatic carbocycles. The van der Waals surface area contributed by atoms with Crippen molar-refractivity contribution >= 4 is 38.5 Å². The van der Waals surface area contributed by atoms with E-state index in [9.17, 15) is 27.5 Å². The molecular formula is C40H36F3N5O8S. The first-order chi connectivity index (χ1) is 27.2. The van der Waals surface area contributed by atoms with E-state index >= 15 is 8.78 Å². The normalized spacial score (nSPS) is 12.0. The SMILES string of the molecule is CCOCc1cc(OC)c(-c2ccc(C[C@@H](NC(=O)c3c(F)cc(NS(=O)(=O)c4ccc(-c5ccnc(F)c5)cc4)cc3F)C(=O)O)c3cnn(C)c23)c(OC)c1. The molecule has 17 heteroatoms. The Morgan fingerprint density at radius 1 is 0.912 bits per heavy atom. The number of anilines is 1. The molecule has 1 amide bonds. The molecule has 296 valence electrons. The number of hydrogen-bond donors (Lipinski definition) is 3. The summed E-state index contributed by atoms with van der Waals surface area (Å²) in [6.45, 7) is 2.73. The minimum absolute atomic E-state index is 0.267. The maximum atomic E-state index is 15.4. The highest BCUT2D eigenvalue weighted by atomic mass is 32.2. The van der Waals surface area contributed by atoms with Crippen LogP contribution < -0.4 is 19.5 Å². The molecule has 0 spiro atoms. The molecule has 0 radical (unpaired) electrons. The second-order valence-electron chi connectivity index (χ2n) is 12.7. The Labute approximate surface area is 325 Å². The Hall–Kier alpha value is -6.46. The van der Waals surface area contributed by atoms with E-state index in [2.05, 4.69) is 20.1 Å². The van der Waals surface area contributed by atoms with Crippen LogP contribution in [0.5, 0.6) is 11.5 Å². The lowest BCUT2D eigenvalue weighted by atomic mass is 9.94. The number of hydrogen-bond acceptors (Lipinski definition) is 9. The van der Waals surface area contributed by atoms with Crippen molar-refractivity contribution in [2.24, 2.45) is 7.05 Å². The van der Waals surface area contributed by atoms with Gasteiger partial charge in [0.15, 0.2) is 0 Å². The van der Waals surface area contributed by atoms with Gasteiger partial charge in [0.05, 0.1) is 48.7 Å². The van der Waals surface area contributed by atoms with Gasteiger partial charge in [0, 0.05) is 43.3 Å². The Bertz CT molecular complexity index is 2550. The molecule has 2 heterocycles. The molecule has 0 aliphatic heterocycles. The molecule has 6 rings (SSSR count). The van der Waals surface area contributed by atoms with Crippen LogP contribution in [0.2, 0.25) is 0 Å². The van der Waals surface area contributed by atoms with Gasteiger partial charge in [-0.25, -0.2) is 27.0 Å². The summed E-state index contributed by atoms with van der Waals surface area (Å²) in [5.74, 6) is -5.49. The molecule has 0 fully saturated rings. The van der Waals surface area contributed by atoms with E-state index < -0.39 is 56.8 Å². The number of aromatic nitrogens is 3. The van der Waals surface area contributed by atoms with E-state index in [1.54, 1.807) is 23.9 Å². The second kappa shape index (κ2) is 16.7. The molecule has 13 nitrogen and oxygen atoms in total. The molecule has 57 heavy (non-hydrogen) atoms. The summed E-state index contributed by atoms with van der Waals surface area (Å²) in [7, 11) is 0.363. The van der Waals surface area contributed by atoms with Gasteiger partial charge in [0.2, 0.25) is 5.95 Å². The summed E-state index contributed by atoms with van der Waals surface area (Å²) in [5, 5.41) is 17.2. The van der Waals surface area contributed by atoms with Gasteiger partial charge in [0.1, 0.15) is 34.7 Å². The molecule has 6 aromatic rings. The van der Waals surface area contributed by atoms with Crippen LogP contribution in [0.25, 0.3) is 33.2 Å². The zero-order chi connectivity index (χ0) is 41.0. The van der Waals surface area contributed by atoms with Crippen molar-refractivity contribution in [2.45, 2.75) is 30.9 Å². The number of carboxylic acid groups (broad SMARTS) is 1. The van der Waals surface area contributed by atoms with Crippen LogP contribution in [0.3, 0.4) is 0 Å². The fourth-order valence-electron chi connectivity index (χ4n) is 6.38. The van der Waals surface area contributed by atoms with Gasteiger partial charge in [-0.05, 0) is 71.6 Å². The summed E-state index contributed by atoms with van der Waals surface area (Å²) in [5.41, 5.74) is 2.41. The maximum Gasteiger partial charge on any atom is 0.326 e. The number of methoxy groups -OCH3 is 2. The van der Waals surface area contributed by atoms with Gasteiger partial charge in [-0.1, -0.05) is 24.3 Å². The first-order valence-electron chi connectivity index (χ1n) is 17.3. The minimum atomic E-state index is -4.38. The summed E-state index contributed by atoms with van der Waals surface area (Å²) in [6, 6.07) is 14.6. The number of carbonyl (C=O) groups is 2. The average Bonchev–Trinajstić information content (AvgIpc) is 3.57. The van der Waals surface area contributed by atoms with Gasteiger partial charge < -0.3 is 24.6 Å². The third kappa shape index (κ3) is 8.53. The number of nitrogens with zero attached hydrogens (tertiary/aromatic N) is 3. The number of fused-ring (bicyclic) bond motifs is 1. The zero-order valence-corrected chi connectivity index (χ0v) is 31.8. The topological polar surface area (TPSA) is 171 Å². The first kappa shape index (κ1) is 40.2. The van der Waals surface area contributed by atoms with Crippen molar-refractivity contribution in [3.8, 4) is 33.8 Å². The molecular weight excluding hydrogens is 768 g/mol. The molecule has 0 saturated carbocycles. The highest BCUT2D eigenvalue weighted by molar-refractivity contribution is 7.92. The molecule has 4 aromatic carbocycles. The number of carboxylic acids is 1. The number of aryl methyl sites for hydroxylation is 1. The van der Waals surface area contributed by atoms with Crippen molar-refractivity contribution in [1.29, 1.82) is 0 Å². The van der Waals surface area contributed by atoms with Crippen LogP contribution in [0.1, 0.15) is 28.4 Å². The maximum absolute atomic E-state index is 15.4. The van der Waals surface area contributed by atoms with E-state index in [4.69, 9.17) is 14.2 Å². The lowest BCUT2D eigenvalue weighted by Gasteiger charge is -2.19. The van der Waals surface area contributed by atoms with Gasteiger partial charge in [-0.3, -0.25) is 14.2 Å². The van der Waals surface area contributed by atoms with Gasteiger partial charge >= 0.3 is 5.97 Å². The van der Waals surface area contributed by atoms with E-state index in [0.717, 1.165) is 5.56 Å². The number of sulfonamides is 1. The Morgan fingerprint density at radius 2 is 1.58 bits per heavy atom. The Balaban J connectivity index is 1.23. The number of benzene rings is 4. The third-order valence-electron chi connectivity index (χ3n) is 9.07. The third-order valence-corrected chi connectivity index (χ3v) is 10.5. The monoisotopic (exact) mass is 803 g/mol.